The Morgan fingerprint density at radius 3 is 2.88 bits per heavy atom. The highest BCUT2D eigenvalue weighted by Gasteiger charge is 2.21. The Kier molecular flexibility index (Phi) is 4.39. The maximum Gasteiger partial charge on any atom is 0.124 e. The number of rotatable bonds is 3. The van der Waals surface area contributed by atoms with E-state index in [1.165, 1.54) is 18.6 Å². The van der Waals surface area contributed by atoms with Crippen LogP contribution in [0.4, 0.5) is 4.39 Å². The van der Waals surface area contributed by atoms with Crippen LogP contribution < -0.4 is 0 Å². The Balaban J connectivity index is 1.99. The van der Waals surface area contributed by atoms with Gasteiger partial charge in [0, 0.05) is 22.9 Å². The Labute approximate surface area is 112 Å². The monoisotopic (exact) mass is 349 g/mol. The van der Waals surface area contributed by atoms with Gasteiger partial charge in [-0.3, -0.25) is 4.90 Å². The van der Waals surface area contributed by atoms with E-state index in [0.717, 1.165) is 40.9 Å². The van der Waals surface area contributed by atoms with E-state index >= 15 is 0 Å². The second-order valence-electron chi connectivity index (χ2n) is 4.28. The lowest BCUT2D eigenvalue weighted by molar-refractivity contribution is 0.320. The molecule has 0 amide bonds. The van der Waals surface area contributed by atoms with Crippen molar-refractivity contribution >= 4 is 31.9 Å². The number of alkyl halides is 1. The molecular formula is C12H14Br2FN. The predicted molar refractivity (Wildman–Crippen MR) is 71.3 cm³/mol. The summed E-state index contributed by atoms with van der Waals surface area (Å²) in [5.41, 5.74) is 1.16. The molecule has 0 bridgehead atoms. The summed E-state index contributed by atoms with van der Waals surface area (Å²) >= 11 is 6.94. The normalized spacial score (nSPS) is 21.6. The van der Waals surface area contributed by atoms with Crippen molar-refractivity contribution in [3.63, 3.8) is 0 Å². The summed E-state index contributed by atoms with van der Waals surface area (Å²) in [7, 11) is 0. The third-order valence-corrected chi connectivity index (χ3v) is 4.65. The quantitative estimate of drug-likeness (QED) is 0.749. The summed E-state index contributed by atoms with van der Waals surface area (Å²) < 4.78 is 13.8. The molecule has 1 aliphatic rings. The number of nitrogens with zero attached hydrogens (tertiary/aromatic N) is 1. The zero-order chi connectivity index (χ0) is 11.5. The van der Waals surface area contributed by atoms with Crippen LogP contribution >= 0.6 is 31.9 Å². The van der Waals surface area contributed by atoms with E-state index in [-0.39, 0.29) is 5.82 Å². The number of hydrogen-bond donors (Lipinski definition) is 0. The van der Waals surface area contributed by atoms with Crippen LogP contribution in [0.3, 0.4) is 0 Å². The van der Waals surface area contributed by atoms with Crippen molar-refractivity contribution in [1.82, 2.24) is 4.90 Å². The largest absolute Gasteiger partial charge is 0.299 e. The van der Waals surface area contributed by atoms with Gasteiger partial charge in [0.1, 0.15) is 5.82 Å². The Hall–Kier alpha value is 0.0700. The van der Waals surface area contributed by atoms with Crippen LogP contribution in [0.15, 0.2) is 22.7 Å². The van der Waals surface area contributed by atoms with Crippen LogP contribution in [-0.2, 0) is 6.54 Å². The first-order valence-corrected chi connectivity index (χ1v) is 7.32. The zero-order valence-corrected chi connectivity index (χ0v) is 12.1. The molecule has 1 unspecified atom stereocenters. The van der Waals surface area contributed by atoms with Crippen LogP contribution in [0, 0.1) is 11.7 Å². The van der Waals surface area contributed by atoms with Gasteiger partial charge in [0.15, 0.2) is 0 Å². The summed E-state index contributed by atoms with van der Waals surface area (Å²) in [5, 5.41) is 1.08. The van der Waals surface area contributed by atoms with Crippen molar-refractivity contribution in [3.8, 4) is 0 Å². The molecule has 1 fully saturated rings. The van der Waals surface area contributed by atoms with Crippen LogP contribution in [0.1, 0.15) is 12.0 Å². The highest BCUT2D eigenvalue weighted by molar-refractivity contribution is 9.10. The highest BCUT2D eigenvalue weighted by atomic mass is 79.9. The Morgan fingerprint density at radius 1 is 1.44 bits per heavy atom. The van der Waals surface area contributed by atoms with Gasteiger partial charge in [0.25, 0.3) is 0 Å². The minimum Gasteiger partial charge on any atom is -0.299 e. The molecule has 1 aromatic rings. The molecule has 1 nitrogen and oxygen atoms in total. The Bertz CT molecular complexity index is 370. The summed E-state index contributed by atoms with van der Waals surface area (Å²) in [6.45, 7) is 3.18. The molecule has 88 valence electrons. The third-order valence-electron chi connectivity index (χ3n) is 3.00. The molecule has 0 saturated carbocycles. The molecule has 0 aliphatic carbocycles. The molecule has 1 atom stereocenters. The topological polar surface area (TPSA) is 3.24 Å². The average molecular weight is 351 g/mol. The molecule has 1 aliphatic heterocycles. The van der Waals surface area contributed by atoms with Gasteiger partial charge in [0.2, 0.25) is 0 Å². The molecule has 4 heteroatoms. The highest BCUT2D eigenvalue weighted by Crippen LogP contribution is 2.24. The van der Waals surface area contributed by atoms with Crippen molar-refractivity contribution < 1.29 is 4.39 Å². The van der Waals surface area contributed by atoms with Crippen LogP contribution in [-0.4, -0.2) is 23.3 Å². The lowest BCUT2D eigenvalue weighted by Gasteiger charge is -2.16. The van der Waals surface area contributed by atoms with E-state index in [1.807, 2.05) is 6.07 Å². The summed E-state index contributed by atoms with van der Waals surface area (Å²) in [5.74, 6) is 0.578. The van der Waals surface area contributed by atoms with E-state index in [9.17, 15) is 4.39 Å². The lowest BCUT2D eigenvalue weighted by Crippen LogP contribution is -2.20. The fourth-order valence-corrected chi connectivity index (χ4v) is 3.08. The van der Waals surface area contributed by atoms with Gasteiger partial charge in [-0.15, -0.1) is 0 Å². The van der Waals surface area contributed by atoms with Gasteiger partial charge in [-0.25, -0.2) is 4.39 Å². The van der Waals surface area contributed by atoms with Gasteiger partial charge in [0.05, 0.1) is 0 Å². The number of benzene rings is 1. The second kappa shape index (κ2) is 5.61. The maximum atomic E-state index is 12.9. The standard InChI is InChI=1S/C12H14Br2FN/c13-6-9-3-4-16(7-9)8-10-1-2-11(15)5-12(10)14/h1-2,5,9H,3-4,6-8H2. The molecule has 1 heterocycles. The van der Waals surface area contributed by atoms with E-state index in [0.29, 0.717) is 0 Å². The number of hydrogen-bond acceptors (Lipinski definition) is 1. The molecule has 0 spiro atoms. The van der Waals surface area contributed by atoms with Gasteiger partial charge < -0.3 is 0 Å². The molecule has 0 aromatic heterocycles. The fraction of sp³-hybridized carbons (Fsp3) is 0.500. The molecule has 0 radical (unpaired) electrons. The smallest absolute Gasteiger partial charge is 0.124 e. The molecule has 1 aromatic carbocycles. The molecule has 1 saturated heterocycles. The maximum absolute atomic E-state index is 12.9. The van der Waals surface area contributed by atoms with Gasteiger partial charge >= 0.3 is 0 Å². The SMILES string of the molecule is Fc1ccc(CN2CCC(CBr)C2)c(Br)c1. The molecule has 0 N–H and O–H groups in total. The summed E-state index contributed by atoms with van der Waals surface area (Å²) in [6, 6.07) is 4.92. The summed E-state index contributed by atoms with van der Waals surface area (Å²) in [6.07, 6.45) is 1.25. The third kappa shape index (κ3) is 3.05. The predicted octanol–water partition coefficient (Wildman–Crippen LogP) is 3.81. The Morgan fingerprint density at radius 2 is 2.25 bits per heavy atom. The number of likely N-dealkylation sites (tertiary alicyclic amines) is 1. The van der Waals surface area contributed by atoms with E-state index in [4.69, 9.17) is 0 Å². The van der Waals surface area contributed by atoms with Crippen LogP contribution in [0.25, 0.3) is 0 Å². The van der Waals surface area contributed by atoms with E-state index in [2.05, 4.69) is 36.8 Å². The van der Waals surface area contributed by atoms with Gasteiger partial charge in [-0.05, 0) is 36.6 Å². The minimum absolute atomic E-state index is 0.185. The zero-order valence-electron chi connectivity index (χ0n) is 8.93. The first kappa shape index (κ1) is 12.5. The minimum atomic E-state index is -0.185. The van der Waals surface area contributed by atoms with Crippen molar-refractivity contribution in [3.05, 3.63) is 34.1 Å². The van der Waals surface area contributed by atoms with Gasteiger partial charge in [-0.2, -0.15) is 0 Å². The second-order valence-corrected chi connectivity index (χ2v) is 5.78. The summed E-state index contributed by atoms with van der Waals surface area (Å²) in [4.78, 5) is 2.42. The van der Waals surface area contributed by atoms with E-state index < -0.39 is 0 Å². The molecular weight excluding hydrogens is 337 g/mol. The molecule has 2 rings (SSSR count). The van der Waals surface area contributed by atoms with Crippen LogP contribution in [0.2, 0.25) is 0 Å². The van der Waals surface area contributed by atoms with Crippen molar-refractivity contribution in [2.24, 2.45) is 5.92 Å². The van der Waals surface area contributed by atoms with Gasteiger partial charge in [-0.1, -0.05) is 37.9 Å². The van der Waals surface area contributed by atoms with Crippen molar-refractivity contribution in [2.75, 3.05) is 18.4 Å². The fourth-order valence-electron chi connectivity index (χ4n) is 2.07. The van der Waals surface area contributed by atoms with Crippen molar-refractivity contribution in [2.45, 2.75) is 13.0 Å². The number of halogens is 3. The first-order valence-electron chi connectivity index (χ1n) is 5.41. The molecule has 16 heavy (non-hydrogen) atoms. The average Bonchev–Trinajstić information content (AvgIpc) is 2.70. The van der Waals surface area contributed by atoms with Crippen molar-refractivity contribution in [1.29, 1.82) is 0 Å². The van der Waals surface area contributed by atoms with E-state index in [1.54, 1.807) is 0 Å². The first-order chi connectivity index (χ1) is 7.69. The van der Waals surface area contributed by atoms with Crippen LogP contribution in [0.5, 0.6) is 0 Å². The lowest BCUT2D eigenvalue weighted by atomic mass is 10.2.